The molecule has 0 fully saturated rings. The van der Waals surface area contributed by atoms with Crippen LogP contribution in [-0.4, -0.2) is 136 Å². The van der Waals surface area contributed by atoms with Gasteiger partial charge in [-0.3, -0.25) is 29.3 Å². The van der Waals surface area contributed by atoms with Crippen LogP contribution in [-0.2, 0) is 59.7 Å². The molecule has 2 aromatic carbocycles. The molecule has 376 valence electrons. The molecule has 0 unspecified atom stereocenters. The number of unbranched alkanes of at least 4 members (excludes halogenated alkanes) is 2. The number of benzene rings is 2. The third kappa shape index (κ3) is 16.2. The molecule has 5 amide bonds. The summed E-state index contributed by atoms with van der Waals surface area (Å²) in [7, 11) is 0. The second-order valence-corrected chi connectivity index (χ2v) is 17.2. The lowest BCUT2D eigenvalue weighted by molar-refractivity contribution is -0.155. The van der Waals surface area contributed by atoms with Gasteiger partial charge in [0.25, 0.3) is 0 Å². The highest BCUT2D eigenvalue weighted by atomic mass is 16.6. The number of hydrogen-bond donors (Lipinski definition) is 5. The molecule has 0 saturated carbocycles. The maximum Gasteiger partial charge on any atom is 0.413 e. The number of anilines is 2. The lowest BCUT2D eigenvalue weighted by Crippen LogP contribution is -2.48. The van der Waals surface area contributed by atoms with Crippen LogP contribution < -0.4 is 32.2 Å². The molecule has 0 saturated heterocycles. The highest BCUT2D eigenvalue weighted by Gasteiger charge is 2.24. The van der Waals surface area contributed by atoms with Gasteiger partial charge in [0.2, 0.25) is 35.5 Å². The lowest BCUT2D eigenvalue weighted by Gasteiger charge is -2.24. The Morgan fingerprint density at radius 2 is 1.30 bits per heavy atom. The number of carbonyl (C=O) groups is 6. The molecular weight excluding hydrogens is 919 g/mol. The molecule has 0 atom stereocenters. The maximum absolute atomic E-state index is 14.0. The van der Waals surface area contributed by atoms with Crippen molar-refractivity contribution < 1.29 is 43.0 Å². The van der Waals surface area contributed by atoms with Crippen molar-refractivity contribution in [2.75, 3.05) is 56.9 Å². The molecule has 6 aromatic rings. The third-order valence-corrected chi connectivity index (χ3v) is 10.4. The monoisotopic (exact) mass is 977 g/mol. The highest BCUT2D eigenvalue weighted by Crippen LogP contribution is 2.23. The Morgan fingerprint density at radius 3 is 1.94 bits per heavy atom. The average molecular weight is 978 g/mol. The average Bonchev–Trinajstić information content (AvgIpc) is 3.94. The van der Waals surface area contributed by atoms with Crippen molar-refractivity contribution >= 4 is 69.8 Å². The largest absolute Gasteiger partial charge is 0.471 e. The fraction of sp³-hybridized carbons (Fsp3) is 0.404. The van der Waals surface area contributed by atoms with Gasteiger partial charge in [0.15, 0.2) is 28.1 Å². The van der Waals surface area contributed by atoms with Crippen LogP contribution in [0.3, 0.4) is 0 Å². The minimum Gasteiger partial charge on any atom is -0.471 e. The summed E-state index contributed by atoms with van der Waals surface area (Å²) in [6.45, 7) is 4.52. The van der Waals surface area contributed by atoms with Crippen molar-refractivity contribution in [3.8, 4) is 5.88 Å². The van der Waals surface area contributed by atoms with Gasteiger partial charge in [-0.25, -0.2) is 24.7 Å². The van der Waals surface area contributed by atoms with Crippen molar-refractivity contribution in [2.45, 2.75) is 78.4 Å². The van der Waals surface area contributed by atoms with Crippen LogP contribution in [0.1, 0.15) is 57.6 Å². The van der Waals surface area contributed by atoms with Gasteiger partial charge in [-0.2, -0.15) is 9.97 Å². The Balaban J connectivity index is 1.05. The molecule has 6 rings (SSSR count). The van der Waals surface area contributed by atoms with E-state index in [2.05, 4.69) is 45.9 Å². The number of ether oxygens (including phenoxy) is 3. The van der Waals surface area contributed by atoms with Crippen molar-refractivity contribution in [1.82, 2.24) is 59.5 Å². The van der Waals surface area contributed by atoms with Gasteiger partial charge >= 0.3 is 12.1 Å². The molecule has 71 heavy (non-hydrogen) atoms. The van der Waals surface area contributed by atoms with E-state index in [1.54, 1.807) is 20.8 Å². The Bertz CT molecular complexity index is 2760. The van der Waals surface area contributed by atoms with Crippen LogP contribution in [0.5, 0.6) is 5.88 Å². The number of nitrogens with zero attached hydrogens (tertiary/aromatic N) is 10. The topological polar surface area (TPSA) is 312 Å². The van der Waals surface area contributed by atoms with Gasteiger partial charge in [-0.05, 0) is 44.7 Å². The SMILES string of the molecule is CC(C)(C)OC(=O)CCCCCNC(=O)CN(CCNC(=O)CN(CCN)C(=O)Cn1cnc2c(NC(=O)OCc3ccccc3)ncnc21)C(=O)Cn1cnc2c(OCc3ccccc3)nc(N)nc21. The summed E-state index contributed by atoms with van der Waals surface area (Å²) < 4.78 is 19.5. The van der Waals surface area contributed by atoms with Crippen LogP contribution in [0.2, 0.25) is 0 Å². The number of nitrogens with two attached hydrogens (primary N) is 2. The summed E-state index contributed by atoms with van der Waals surface area (Å²) in [5.74, 6) is -2.18. The van der Waals surface area contributed by atoms with Gasteiger partial charge in [0.05, 0.1) is 25.7 Å². The molecule has 4 heterocycles. The molecule has 0 bridgehead atoms. The zero-order chi connectivity index (χ0) is 50.8. The number of hydrogen-bond acceptors (Lipinski definition) is 17. The second kappa shape index (κ2) is 25.4. The van der Waals surface area contributed by atoms with Gasteiger partial charge in [0.1, 0.15) is 38.2 Å². The molecular formula is C47H59N15O9. The number of imidazole rings is 2. The van der Waals surface area contributed by atoms with Gasteiger partial charge < -0.3 is 55.2 Å². The summed E-state index contributed by atoms with van der Waals surface area (Å²) in [5.41, 5.74) is 14.0. The van der Waals surface area contributed by atoms with Crippen LogP contribution in [0.15, 0.2) is 79.6 Å². The summed E-state index contributed by atoms with van der Waals surface area (Å²) in [6, 6.07) is 18.6. The van der Waals surface area contributed by atoms with Crippen LogP contribution >= 0.6 is 0 Å². The van der Waals surface area contributed by atoms with E-state index in [0.717, 1.165) is 11.1 Å². The Labute approximate surface area is 408 Å². The number of esters is 1. The van der Waals surface area contributed by atoms with E-state index < -0.39 is 35.3 Å². The van der Waals surface area contributed by atoms with E-state index in [4.69, 9.17) is 25.7 Å². The number of nitrogen functional groups attached to an aromatic ring is 1. The Kier molecular flexibility index (Phi) is 18.6. The van der Waals surface area contributed by atoms with E-state index in [1.165, 1.54) is 37.9 Å². The Hall–Kier alpha value is -8.28. The first-order valence-corrected chi connectivity index (χ1v) is 22.9. The van der Waals surface area contributed by atoms with E-state index in [-0.39, 0.29) is 118 Å². The fourth-order valence-electron chi connectivity index (χ4n) is 7.03. The van der Waals surface area contributed by atoms with Gasteiger partial charge in [0, 0.05) is 39.1 Å². The standard InChI is InChI=1S/C47H59N15O9/c1-47(2,3)71-38(67)17-11-6-12-19-50-34(63)24-60(37(66)26-62-31-55-40-43(62)57-45(49)58-44(40)69-27-32-13-7-4-8-14-32)22-20-51-35(64)23-59(21-18-48)36(65)25-61-30-54-39-41(52-29-53-42(39)61)56-46(68)70-28-33-15-9-5-10-16-33/h4-5,7-10,13-16,29-31H,6,11-12,17-28,48H2,1-3H3,(H,50,63)(H,51,64)(H2,49,57,58)(H,52,53,56,68). The van der Waals surface area contributed by atoms with Gasteiger partial charge in [-0.15, -0.1) is 0 Å². The zero-order valence-electron chi connectivity index (χ0n) is 39.9. The second-order valence-electron chi connectivity index (χ2n) is 17.2. The summed E-state index contributed by atoms with van der Waals surface area (Å²) >= 11 is 0. The maximum atomic E-state index is 14.0. The number of carbonyl (C=O) groups excluding carboxylic acids is 6. The van der Waals surface area contributed by atoms with Crippen LogP contribution in [0.4, 0.5) is 16.6 Å². The van der Waals surface area contributed by atoms with Crippen LogP contribution in [0, 0.1) is 0 Å². The van der Waals surface area contributed by atoms with E-state index >= 15 is 0 Å². The molecule has 0 radical (unpaired) electrons. The minimum atomic E-state index is -0.762. The molecule has 0 aliphatic carbocycles. The van der Waals surface area contributed by atoms with Crippen LogP contribution in [0.25, 0.3) is 22.3 Å². The number of rotatable bonds is 25. The predicted molar refractivity (Wildman–Crippen MR) is 259 cm³/mol. The first kappa shape index (κ1) is 52.1. The first-order valence-electron chi connectivity index (χ1n) is 22.9. The molecule has 0 aliphatic heterocycles. The number of fused-ring (bicyclic) bond motifs is 2. The number of amides is 5. The van der Waals surface area contributed by atoms with E-state index in [9.17, 15) is 28.8 Å². The van der Waals surface area contributed by atoms with Crippen molar-refractivity contribution in [1.29, 1.82) is 0 Å². The summed E-state index contributed by atoms with van der Waals surface area (Å²) in [6.07, 6.45) is 5.28. The third-order valence-electron chi connectivity index (χ3n) is 10.4. The summed E-state index contributed by atoms with van der Waals surface area (Å²) in [4.78, 5) is 107. The van der Waals surface area contributed by atoms with E-state index in [1.807, 2.05) is 60.7 Å². The fourth-order valence-corrected chi connectivity index (χ4v) is 7.03. The molecule has 0 spiro atoms. The molecule has 7 N–H and O–H groups in total. The normalized spacial score (nSPS) is 11.2. The summed E-state index contributed by atoms with van der Waals surface area (Å²) in [5, 5.41) is 8.12. The molecule has 4 aromatic heterocycles. The number of aromatic nitrogens is 8. The zero-order valence-corrected chi connectivity index (χ0v) is 39.9. The quantitative estimate of drug-likeness (QED) is 0.0406. The van der Waals surface area contributed by atoms with E-state index in [0.29, 0.717) is 25.8 Å². The first-order chi connectivity index (χ1) is 34.1. The highest BCUT2D eigenvalue weighted by molar-refractivity contribution is 5.94. The molecule has 24 nitrogen and oxygen atoms in total. The smallest absolute Gasteiger partial charge is 0.413 e. The number of nitrogens with one attached hydrogen (secondary N) is 3. The predicted octanol–water partition coefficient (Wildman–Crippen LogP) is 2.33. The molecule has 0 aliphatic rings. The van der Waals surface area contributed by atoms with Gasteiger partial charge in [-0.1, -0.05) is 67.1 Å². The van der Waals surface area contributed by atoms with Crippen molar-refractivity contribution in [2.24, 2.45) is 5.73 Å². The Morgan fingerprint density at radius 1 is 0.690 bits per heavy atom. The van der Waals surface area contributed by atoms with Crippen molar-refractivity contribution in [3.05, 3.63) is 90.8 Å². The molecule has 24 heteroatoms. The minimum absolute atomic E-state index is 0.0334. The lowest BCUT2D eigenvalue weighted by atomic mass is 10.1. The van der Waals surface area contributed by atoms with Crippen molar-refractivity contribution in [3.63, 3.8) is 0 Å².